The number of carbonyl (C=O) groups excluding carboxylic acids is 1. The first-order valence-corrected chi connectivity index (χ1v) is 11.4. The summed E-state index contributed by atoms with van der Waals surface area (Å²) in [5.74, 6) is 0.644. The summed E-state index contributed by atoms with van der Waals surface area (Å²) in [6.07, 6.45) is 5.77. The van der Waals surface area contributed by atoms with E-state index in [2.05, 4.69) is 32.5 Å². The summed E-state index contributed by atoms with van der Waals surface area (Å²) < 4.78 is 0. The third-order valence-electron chi connectivity index (χ3n) is 5.99. The maximum Gasteiger partial charge on any atom is 0.220 e. The van der Waals surface area contributed by atoms with Gasteiger partial charge in [-0.1, -0.05) is 60.1 Å². The fraction of sp³-hybridized carbons (Fsp3) is 0.360. The molecule has 5 nitrogen and oxygen atoms in total. The molecule has 162 valence electrons. The Kier molecular flexibility index (Phi) is 7.39. The van der Waals surface area contributed by atoms with Crippen molar-refractivity contribution in [3.05, 3.63) is 76.9 Å². The van der Waals surface area contributed by atoms with Crippen molar-refractivity contribution in [2.24, 2.45) is 5.92 Å². The Hall–Kier alpha value is -2.63. The fourth-order valence-electron chi connectivity index (χ4n) is 4.32. The predicted molar refractivity (Wildman–Crippen MR) is 125 cm³/mol. The molecule has 6 heteroatoms. The standard InChI is InChI=1S/C25H29ClN4O/c26-23-11-5-4-10-21(23)15-27-24(31)13-12-19-7-6-14-30(17-19)18-22-16-28-29-25(22)20-8-2-1-3-9-20/h1-5,8-11,16,19H,6-7,12-15,17-18H2,(H,27,31)(H,28,29). The Labute approximate surface area is 188 Å². The van der Waals surface area contributed by atoms with E-state index in [0.717, 1.165) is 37.3 Å². The number of nitrogens with zero attached hydrogens (tertiary/aromatic N) is 2. The third-order valence-corrected chi connectivity index (χ3v) is 6.36. The fourth-order valence-corrected chi connectivity index (χ4v) is 4.52. The van der Waals surface area contributed by atoms with Crippen molar-refractivity contribution in [1.82, 2.24) is 20.4 Å². The van der Waals surface area contributed by atoms with Gasteiger partial charge in [-0.15, -0.1) is 0 Å². The van der Waals surface area contributed by atoms with Crippen LogP contribution < -0.4 is 5.32 Å². The van der Waals surface area contributed by atoms with Crippen LogP contribution in [0, 0.1) is 5.92 Å². The molecule has 3 aromatic rings. The summed E-state index contributed by atoms with van der Waals surface area (Å²) >= 11 is 6.17. The van der Waals surface area contributed by atoms with Crippen molar-refractivity contribution >= 4 is 17.5 Å². The van der Waals surface area contributed by atoms with E-state index in [9.17, 15) is 4.79 Å². The van der Waals surface area contributed by atoms with Crippen LogP contribution in [-0.2, 0) is 17.9 Å². The molecule has 1 saturated heterocycles. The lowest BCUT2D eigenvalue weighted by Crippen LogP contribution is -2.35. The smallest absolute Gasteiger partial charge is 0.220 e. The number of amides is 1. The average molecular weight is 437 g/mol. The molecular formula is C25H29ClN4O. The largest absolute Gasteiger partial charge is 0.352 e. The Balaban J connectivity index is 1.25. The van der Waals surface area contributed by atoms with Gasteiger partial charge >= 0.3 is 0 Å². The molecule has 2 heterocycles. The van der Waals surface area contributed by atoms with Gasteiger partial charge in [0.05, 0.1) is 11.9 Å². The maximum absolute atomic E-state index is 12.3. The van der Waals surface area contributed by atoms with E-state index in [4.69, 9.17) is 11.6 Å². The molecule has 0 spiro atoms. The molecule has 2 N–H and O–H groups in total. The first-order chi connectivity index (χ1) is 15.2. The van der Waals surface area contributed by atoms with Gasteiger partial charge in [0.25, 0.3) is 0 Å². The number of halogens is 1. The van der Waals surface area contributed by atoms with Gasteiger partial charge in [0, 0.05) is 36.6 Å². The second-order valence-corrected chi connectivity index (χ2v) is 8.69. The number of nitrogens with one attached hydrogen (secondary N) is 2. The quantitative estimate of drug-likeness (QED) is 0.520. The van der Waals surface area contributed by atoms with Crippen molar-refractivity contribution in [3.63, 3.8) is 0 Å². The lowest BCUT2D eigenvalue weighted by atomic mass is 9.93. The average Bonchev–Trinajstić information content (AvgIpc) is 3.26. The van der Waals surface area contributed by atoms with Gasteiger partial charge in [-0.2, -0.15) is 5.10 Å². The van der Waals surface area contributed by atoms with Gasteiger partial charge < -0.3 is 5.32 Å². The predicted octanol–water partition coefficient (Wildman–Crippen LogP) is 5.04. The van der Waals surface area contributed by atoms with Crippen LogP contribution in [0.4, 0.5) is 0 Å². The van der Waals surface area contributed by atoms with Gasteiger partial charge in [-0.25, -0.2) is 0 Å². The molecular weight excluding hydrogens is 408 g/mol. The Bertz CT molecular complexity index is 988. The van der Waals surface area contributed by atoms with E-state index in [1.54, 1.807) is 0 Å². The molecule has 1 aliphatic rings. The number of rotatable bonds is 8. The Morgan fingerprint density at radius 1 is 1.13 bits per heavy atom. The number of aromatic amines is 1. The highest BCUT2D eigenvalue weighted by atomic mass is 35.5. The van der Waals surface area contributed by atoms with Gasteiger partial charge in [0.2, 0.25) is 5.91 Å². The normalized spacial score (nSPS) is 16.9. The van der Waals surface area contributed by atoms with Gasteiger partial charge in [-0.3, -0.25) is 14.8 Å². The van der Waals surface area contributed by atoms with E-state index in [0.29, 0.717) is 23.9 Å². The monoisotopic (exact) mass is 436 g/mol. The summed E-state index contributed by atoms with van der Waals surface area (Å²) in [4.78, 5) is 14.8. The third kappa shape index (κ3) is 5.96. The number of piperidine rings is 1. The van der Waals surface area contributed by atoms with Crippen LogP contribution in [0.5, 0.6) is 0 Å². The summed E-state index contributed by atoms with van der Waals surface area (Å²) in [5, 5.41) is 11.1. The van der Waals surface area contributed by atoms with E-state index >= 15 is 0 Å². The van der Waals surface area contributed by atoms with Crippen molar-refractivity contribution in [3.8, 4) is 11.3 Å². The zero-order valence-electron chi connectivity index (χ0n) is 17.7. The minimum atomic E-state index is 0.0956. The summed E-state index contributed by atoms with van der Waals surface area (Å²) in [5.41, 5.74) is 4.44. The second-order valence-electron chi connectivity index (χ2n) is 8.29. The molecule has 2 aromatic carbocycles. The summed E-state index contributed by atoms with van der Waals surface area (Å²) in [6, 6.07) is 18.0. The molecule has 31 heavy (non-hydrogen) atoms. The molecule has 1 fully saturated rings. The molecule has 1 aliphatic heterocycles. The first kappa shape index (κ1) is 21.6. The van der Waals surface area contributed by atoms with Crippen LogP contribution in [-0.4, -0.2) is 34.1 Å². The number of hydrogen-bond acceptors (Lipinski definition) is 3. The number of likely N-dealkylation sites (tertiary alicyclic amines) is 1. The number of H-pyrrole nitrogens is 1. The van der Waals surface area contributed by atoms with Crippen LogP contribution in [0.1, 0.15) is 36.8 Å². The minimum absolute atomic E-state index is 0.0956. The van der Waals surface area contributed by atoms with Crippen LogP contribution in [0.3, 0.4) is 0 Å². The Morgan fingerprint density at radius 3 is 2.77 bits per heavy atom. The lowest BCUT2D eigenvalue weighted by Gasteiger charge is -2.32. The van der Waals surface area contributed by atoms with Gasteiger partial charge in [-0.05, 0) is 48.9 Å². The van der Waals surface area contributed by atoms with Crippen molar-refractivity contribution < 1.29 is 4.79 Å². The Morgan fingerprint density at radius 2 is 1.94 bits per heavy atom. The zero-order chi connectivity index (χ0) is 21.5. The first-order valence-electron chi connectivity index (χ1n) is 11.0. The maximum atomic E-state index is 12.3. The van der Waals surface area contributed by atoms with Gasteiger partial charge in [0.15, 0.2) is 0 Å². The molecule has 1 aromatic heterocycles. The van der Waals surface area contributed by atoms with Crippen molar-refractivity contribution in [1.29, 1.82) is 0 Å². The molecule has 1 amide bonds. The highest BCUT2D eigenvalue weighted by Crippen LogP contribution is 2.26. The van der Waals surface area contributed by atoms with Crippen LogP contribution in [0.2, 0.25) is 5.02 Å². The molecule has 1 unspecified atom stereocenters. The highest BCUT2D eigenvalue weighted by Gasteiger charge is 2.22. The lowest BCUT2D eigenvalue weighted by molar-refractivity contribution is -0.121. The summed E-state index contributed by atoms with van der Waals surface area (Å²) in [7, 11) is 0. The topological polar surface area (TPSA) is 61.0 Å². The van der Waals surface area contributed by atoms with E-state index in [1.165, 1.54) is 24.0 Å². The van der Waals surface area contributed by atoms with Crippen LogP contribution in [0.15, 0.2) is 60.8 Å². The SMILES string of the molecule is O=C(CCC1CCCN(Cc2cn[nH]c2-c2ccccc2)C1)NCc1ccccc1Cl. The molecule has 4 rings (SSSR count). The molecule has 1 atom stereocenters. The number of hydrogen-bond donors (Lipinski definition) is 2. The number of benzene rings is 2. The molecule has 0 radical (unpaired) electrons. The van der Waals surface area contributed by atoms with E-state index in [1.807, 2.05) is 48.7 Å². The summed E-state index contributed by atoms with van der Waals surface area (Å²) in [6.45, 7) is 3.49. The molecule has 0 aliphatic carbocycles. The van der Waals surface area contributed by atoms with Crippen LogP contribution >= 0.6 is 11.6 Å². The van der Waals surface area contributed by atoms with Crippen molar-refractivity contribution in [2.45, 2.75) is 38.8 Å². The number of carbonyl (C=O) groups is 1. The van der Waals surface area contributed by atoms with Gasteiger partial charge in [0.1, 0.15) is 0 Å². The van der Waals surface area contributed by atoms with Crippen molar-refractivity contribution in [2.75, 3.05) is 13.1 Å². The van der Waals surface area contributed by atoms with Crippen LogP contribution in [0.25, 0.3) is 11.3 Å². The van der Waals surface area contributed by atoms with E-state index in [-0.39, 0.29) is 5.91 Å². The number of aromatic nitrogens is 2. The zero-order valence-corrected chi connectivity index (χ0v) is 18.4. The highest BCUT2D eigenvalue weighted by molar-refractivity contribution is 6.31. The minimum Gasteiger partial charge on any atom is -0.352 e. The van der Waals surface area contributed by atoms with E-state index < -0.39 is 0 Å². The molecule has 0 saturated carbocycles. The molecule has 0 bridgehead atoms. The second kappa shape index (κ2) is 10.6.